The third-order valence-corrected chi connectivity index (χ3v) is 3.79. The molecular formula is C15H19NO4. The Labute approximate surface area is 118 Å². The lowest BCUT2D eigenvalue weighted by Crippen LogP contribution is -2.30. The zero-order valence-corrected chi connectivity index (χ0v) is 12.0. The Balaban J connectivity index is 2.73. The van der Waals surface area contributed by atoms with Gasteiger partial charge in [0.1, 0.15) is 5.75 Å². The molecule has 0 saturated carbocycles. The number of rotatable bonds is 2. The largest absolute Gasteiger partial charge is 0.495 e. The van der Waals surface area contributed by atoms with Gasteiger partial charge in [0, 0.05) is 13.5 Å². The van der Waals surface area contributed by atoms with Gasteiger partial charge in [-0.1, -0.05) is 6.07 Å². The maximum atomic E-state index is 11.9. The number of fused-ring (bicyclic) bond motifs is 1. The van der Waals surface area contributed by atoms with Crippen molar-refractivity contribution < 1.29 is 19.4 Å². The van der Waals surface area contributed by atoms with Crippen LogP contribution in [0.4, 0.5) is 5.69 Å². The standard InChI is InChI=1S/C15H19NO4/c1-9-6-7-12(20-3)14-13(9)11(15(18)19)5-4-8-16(14)10(2)17/h6-7,11H,4-5,8H2,1-3H3,(H,18,19). The van der Waals surface area contributed by atoms with Gasteiger partial charge in [-0.25, -0.2) is 0 Å². The Morgan fingerprint density at radius 1 is 1.40 bits per heavy atom. The molecule has 1 N–H and O–H groups in total. The van der Waals surface area contributed by atoms with Crippen molar-refractivity contribution in [2.75, 3.05) is 18.6 Å². The van der Waals surface area contributed by atoms with Gasteiger partial charge in [0.2, 0.25) is 5.91 Å². The predicted molar refractivity (Wildman–Crippen MR) is 75.4 cm³/mol. The highest BCUT2D eigenvalue weighted by Gasteiger charge is 2.32. The molecule has 108 valence electrons. The number of hydrogen-bond acceptors (Lipinski definition) is 3. The van der Waals surface area contributed by atoms with Crippen LogP contribution in [0.2, 0.25) is 0 Å². The number of anilines is 1. The lowest BCUT2D eigenvalue weighted by Gasteiger charge is -2.25. The molecule has 1 aliphatic rings. The van der Waals surface area contributed by atoms with Crippen molar-refractivity contribution in [3.63, 3.8) is 0 Å². The number of hydrogen-bond donors (Lipinski definition) is 1. The minimum atomic E-state index is -0.854. The van der Waals surface area contributed by atoms with Gasteiger partial charge >= 0.3 is 5.97 Å². The number of aliphatic carboxylic acids is 1. The van der Waals surface area contributed by atoms with Gasteiger partial charge in [-0.3, -0.25) is 9.59 Å². The Bertz CT molecular complexity index is 553. The molecule has 1 aromatic carbocycles. The third kappa shape index (κ3) is 2.35. The van der Waals surface area contributed by atoms with Crippen molar-refractivity contribution in [2.45, 2.75) is 32.6 Å². The molecule has 0 aromatic heterocycles. The van der Waals surface area contributed by atoms with E-state index in [1.807, 2.05) is 13.0 Å². The fourth-order valence-corrected chi connectivity index (χ4v) is 2.84. The van der Waals surface area contributed by atoms with Crippen LogP contribution in [0.25, 0.3) is 0 Å². The average molecular weight is 277 g/mol. The number of methoxy groups -OCH3 is 1. The zero-order chi connectivity index (χ0) is 14.9. The van der Waals surface area contributed by atoms with Gasteiger partial charge in [0.05, 0.1) is 18.7 Å². The highest BCUT2D eigenvalue weighted by Crippen LogP contribution is 2.42. The molecule has 0 aliphatic carbocycles. The maximum Gasteiger partial charge on any atom is 0.311 e. The first kappa shape index (κ1) is 14.4. The van der Waals surface area contributed by atoms with Crippen molar-refractivity contribution in [3.05, 3.63) is 23.3 Å². The normalized spacial score (nSPS) is 18.1. The second kappa shape index (κ2) is 5.53. The minimum absolute atomic E-state index is 0.0961. The number of carbonyl (C=O) groups is 2. The highest BCUT2D eigenvalue weighted by atomic mass is 16.5. The number of carboxylic acid groups (broad SMARTS) is 1. The van der Waals surface area contributed by atoms with E-state index >= 15 is 0 Å². The quantitative estimate of drug-likeness (QED) is 0.901. The first-order chi connectivity index (χ1) is 9.47. The SMILES string of the molecule is COc1ccc(C)c2c1N(C(C)=O)CCCC2C(=O)O. The molecule has 0 fully saturated rings. The fourth-order valence-electron chi connectivity index (χ4n) is 2.84. The molecule has 1 aliphatic heterocycles. The summed E-state index contributed by atoms with van der Waals surface area (Å²) < 4.78 is 5.34. The summed E-state index contributed by atoms with van der Waals surface area (Å²) in [4.78, 5) is 25.1. The van der Waals surface area contributed by atoms with Crippen molar-refractivity contribution in [2.24, 2.45) is 0 Å². The molecule has 5 nitrogen and oxygen atoms in total. The Hall–Kier alpha value is -2.04. The van der Waals surface area contributed by atoms with Crippen molar-refractivity contribution >= 4 is 17.6 Å². The van der Waals surface area contributed by atoms with E-state index < -0.39 is 11.9 Å². The number of carbonyl (C=O) groups excluding carboxylic acids is 1. The van der Waals surface area contributed by atoms with Crippen LogP contribution >= 0.6 is 0 Å². The van der Waals surface area contributed by atoms with Crippen LogP contribution in [-0.2, 0) is 9.59 Å². The molecule has 1 aromatic rings. The lowest BCUT2D eigenvalue weighted by molar-refractivity contribution is -0.139. The molecule has 0 saturated heterocycles. The smallest absolute Gasteiger partial charge is 0.311 e. The number of nitrogens with zero attached hydrogens (tertiary/aromatic N) is 1. The summed E-state index contributed by atoms with van der Waals surface area (Å²) >= 11 is 0. The summed E-state index contributed by atoms with van der Waals surface area (Å²) in [6, 6.07) is 3.63. The molecule has 0 spiro atoms. The first-order valence-corrected chi connectivity index (χ1v) is 6.65. The molecule has 0 bridgehead atoms. The van der Waals surface area contributed by atoms with E-state index in [0.717, 1.165) is 5.56 Å². The Kier molecular flexibility index (Phi) is 3.97. The van der Waals surface area contributed by atoms with Gasteiger partial charge in [-0.2, -0.15) is 0 Å². The summed E-state index contributed by atoms with van der Waals surface area (Å²) in [5, 5.41) is 9.48. The van der Waals surface area contributed by atoms with E-state index in [-0.39, 0.29) is 5.91 Å². The zero-order valence-electron chi connectivity index (χ0n) is 12.0. The molecule has 1 amide bonds. The van der Waals surface area contributed by atoms with E-state index in [9.17, 15) is 14.7 Å². The summed E-state index contributed by atoms with van der Waals surface area (Å²) in [5.41, 5.74) is 2.19. The number of benzene rings is 1. The summed E-state index contributed by atoms with van der Waals surface area (Å²) in [6.07, 6.45) is 1.19. The van der Waals surface area contributed by atoms with E-state index in [2.05, 4.69) is 0 Å². The number of aryl methyl sites for hydroxylation is 1. The summed E-state index contributed by atoms with van der Waals surface area (Å²) in [6.45, 7) is 3.89. The predicted octanol–water partition coefficient (Wildman–Crippen LogP) is 2.32. The van der Waals surface area contributed by atoms with Gasteiger partial charge in [0.15, 0.2) is 0 Å². The van der Waals surface area contributed by atoms with E-state index in [1.54, 1.807) is 11.0 Å². The van der Waals surface area contributed by atoms with Gasteiger partial charge in [-0.05, 0) is 37.0 Å². The minimum Gasteiger partial charge on any atom is -0.495 e. The van der Waals surface area contributed by atoms with Crippen LogP contribution in [0.15, 0.2) is 12.1 Å². The van der Waals surface area contributed by atoms with E-state index in [1.165, 1.54) is 14.0 Å². The fraction of sp³-hybridized carbons (Fsp3) is 0.467. The first-order valence-electron chi connectivity index (χ1n) is 6.65. The topological polar surface area (TPSA) is 66.8 Å². The number of ether oxygens (including phenoxy) is 1. The van der Waals surface area contributed by atoms with Crippen LogP contribution < -0.4 is 9.64 Å². The van der Waals surface area contributed by atoms with Crippen molar-refractivity contribution in [3.8, 4) is 5.75 Å². The second-order valence-electron chi connectivity index (χ2n) is 5.05. The van der Waals surface area contributed by atoms with Crippen molar-refractivity contribution in [1.82, 2.24) is 0 Å². The number of amides is 1. The van der Waals surface area contributed by atoms with Gasteiger partial charge in [0.25, 0.3) is 0 Å². The molecule has 1 heterocycles. The summed E-state index contributed by atoms with van der Waals surface area (Å²) in [5.74, 6) is -0.993. The number of carboxylic acids is 1. The molecular weight excluding hydrogens is 258 g/mol. The molecule has 2 rings (SSSR count). The monoisotopic (exact) mass is 277 g/mol. The second-order valence-corrected chi connectivity index (χ2v) is 5.05. The third-order valence-electron chi connectivity index (χ3n) is 3.79. The molecule has 5 heteroatoms. The molecule has 1 unspecified atom stereocenters. The molecule has 0 radical (unpaired) electrons. The summed E-state index contributed by atoms with van der Waals surface area (Å²) in [7, 11) is 1.53. The van der Waals surface area contributed by atoms with Crippen LogP contribution in [0.3, 0.4) is 0 Å². The van der Waals surface area contributed by atoms with E-state index in [0.29, 0.717) is 36.4 Å². The average Bonchev–Trinajstić information content (AvgIpc) is 2.59. The van der Waals surface area contributed by atoms with E-state index in [4.69, 9.17) is 4.74 Å². The van der Waals surface area contributed by atoms with Crippen LogP contribution in [0.1, 0.15) is 36.8 Å². The highest BCUT2D eigenvalue weighted by molar-refractivity contribution is 5.96. The molecule has 20 heavy (non-hydrogen) atoms. The van der Waals surface area contributed by atoms with Crippen LogP contribution in [-0.4, -0.2) is 30.6 Å². The van der Waals surface area contributed by atoms with Crippen LogP contribution in [0.5, 0.6) is 5.75 Å². The molecule has 1 atom stereocenters. The van der Waals surface area contributed by atoms with Gasteiger partial charge in [-0.15, -0.1) is 0 Å². The Morgan fingerprint density at radius 2 is 2.10 bits per heavy atom. The lowest BCUT2D eigenvalue weighted by atomic mass is 9.90. The van der Waals surface area contributed by atoms with Crippen molar-refractivity contribution in [1.29, 1.82) is 0 Å². The Morgan fingerprint density at radius 3 is 2.65 bits per heavy atom. The van der Waals surface area contributed by atoms with Gasteiger partial charge < -0.3 is 14.7 Å². The van der Waals surface area contributed by atoms with Crippen LogP contribution in [0, 0.1) is 6.92 Å². The maximum absolute atomic E-state index is 11.9.